The van der Waals surface area contributed by atoms with Crippen molar-refractivity contribution in [3.05, 3.63) is 76.0 Å². The average molecular weight is 366 g/mol. The van der Waals surface area contributed by atoms with Crippen molar-refractivity contribution in [2.75, 3.05) is 0 Å². The van der Waals surface area contributed by atoms with E-state index in [9.17, 15) is 9.59 Å². The number of hydrogen-bond acceptors (Lipinski definition) is 4. The molecular formula is C20H22N4O3. The van der Waals surface area contributed by atoms with Crippen LogP contribution in [0.1, 0.15) is 23.9 Å². The largest absolute Gasteiger partial charge is 0.481 e. The van der Waals surface area contributed by atoms with Crippen molar-refractivity contribution < 1.29 is 9.90 Å². The molecule has 0 aliphatic rings. The zero-order valence-electron chi connectivity index (χ0n) is 15.3. The van der Waals surface area contributed by atoms with Gasteiger partial charge in [0, 0.05) is 6.54 Å². The van der Waals surface area contributed by atoms with Crippen LogP contribution in [0.15, 0.2) is 53.3 Å². The van der Waals surface area contributed by atoms with Crippen molar-refractivity contribution in [1.82, 2.24) is 14.3 Å². The zero-order chi connectivity index (χ0) is 19.6. The summed E-state index contributed by atoms with van der Waals surface area (Å²) in [6.45, 7) is 3.88. The number of aliphatic carboxylic acids is 1. The zero-order valence-corrected chi connectivity index (χ0v) is 15.3. The lowest BCUT2D eigenvalue weighted by Crippen LogP contribution is -2.23. The predicted octanol–water partition coefficient (Wildman–Crippen LogP) is 2.05. The number of rotatable bonds is 6. The number of hydrogen-bond donors (Lipinski definition) is 2. The molecule has 140 valence electrons. The smallest absolute Gasteiger partial charge is 0.355 e. The number of carboxylic acid groups (broad SMARTS) is 1. The van der Waals surface area contributed by atoms with Crippen molar-refractivity contribution in [3.63, 3.8) is 0 Å². The third-order valence-corrected chi connectivity index (χ3v) is 4.52. The lowest BCUT2D eigenvalue weighted by atomic mass is 10.0. The van der Waals surface area contributed by atoms with Gasteiger partial charge in [0.2, 0.25) is 0 Å². The Morgan fingerprint density at radius 1 is 1.07 bits per heavy atom. The highest BCUT2D eigenvalue weighted by atomic mass is 16.4. The minimum absolute atomic E-state index is 0.264. The van der Waals surface area contributed by atoms with Gasteiger partial charge in [0.1, 0.15) is 5.82 Å². The molecule has 0 aliphatic carbocycles. The molecule has 0 radical (unpaired) electrons. The van der Waals surface area contributed by atoms with E-state index in [1.807, 2.05) is 48.5 Å². The predicted molar refractivity (Wildman–Crippen MR) is 102 cm³/mol. The van der Waals surface area contributed by atoms with Gasteiger partial charge < -0.3 is 10.8 Å². The standard InChI is InChI=1S/C20H22N4O3/c1-13(19(25)26)11-15-3-7-17(8-4-15)23-14(2)22-24(20(23)27)18-9-5-16(12-21)6-10-18/h3-10,13H,11-12,21H2,1-2H3,(H,25,26). The van der Waals surface area contributed by atoms with Gasteiger partial charge >= 0.3 is 11.7 Å². The number of aryl methyl sites for hydroxylation is 1. The van der Waals surface area contributed by atoms with Crippen LogP contribution in [0.5, 0.6) is 0 Å². The van der Waals surface area contributed by atoms with E-state index in [0.29, 0.717) is 30.2 Å². The van der Waals surface area contributed by atoms with Crippen LogP contribution >= 0.6 is 0 Å². The monoisotopic (exact) mass is 366 g/mol. The summed E-state index contributed by atoms with van der Waals surface area (Å²) in [6.07, 6.45) is 0.441. The Hall–Kier alpha value is -3.19. The molecule has 27 heavy (non-hydrogen) atoms. The van der Waals surface area contributed by atoms with Crippen LogP contribution in [0, 0.1) is 12.8 Å². The Kier molecular flexibility index (Phi) is 5.23. The summed E-state index contributed by atoms with van der Waals surface area (Å²) in [5.41, 5.74) is 8.59. The Morgan fingerprint density at radius 3 is 2.19 bits per heavy atom. The van der Waals surface area contributed by atoms with Crippen LogP contribution < -0.4 is 11.4 Å². The van der Waals surface area contributed by atoms with E-state index in [2.05, 4.69) is 5.10 Å². The molecule has 3 aromatic rings. The Bertz CT molecular complexity index is 1000. The summed E-state index contributed by atoms with van der Waals surface area (Å²) in [5, 5.41) is 13.4. The SMILES string of the molecule is Cc1nn(-c2ccc(CN)cc2)c(=O)n1-c1ccc(CC(C)C(=O)O)cc1. The number of carbonyl (C=O) groups is 1. The van der Waals surface area contributed by atoms with Gasteiger partial charge in [-0.3, -0.25) is 4.79 Å². The first kappa shape index (κ1) is 18.6. The normalized spacial score (nSPS) is 12.1. The van der Waals surface area contributed by atoms with E-state index < -0.39 is 11.9 Å². The Labute approximate surface area is 156 Å². The van der Waals surface area contributed by atoms with Crippen LogP contribution in [0.2, 0.25) is 0 Å². The van der Waals surface area contributed by atoms with Crippen molar-refractivity contribution in [2.24, 2.45) is 11.7 Å². The van der Waals surface area contributed by atoms with Gasteiger partial charge in [-0.25, -0.2) is 9.36 Å². The van der Waals surface area contributed by atoms with Crippen molar-refractivity contribution in [2.45, 2.75) is 26.8 Å². The fourth-order valence-corrected chi connectivity index (χ4v) is 2.93. The van der Waals surface area contributed by atoms with Gasteiger partial charge in [-0.1, -0.05) is 31.2 Å². The number of benzene rings is 2. The van der Waals surface area contributed by atoms with Crippen molar-refractivity contribution in [3.8, 4) is 11.4 Å². The summed E-state index contributed by atoms with van der Waals surface area (Å²) >= 11 is 0. The number of carboxylic acids is 1. The minimum atomic E-state index is -0.826. The number of nitrogens with zero attached hydrogens (tertiary/aromatic N) is 3. The van der Waals surface area contributed by atoms with E-state index in [1.54, 1.807) is 13.8 Å². The van der Waals surface area contributed by atoms with Gasteiger partial charge in [-0.05, 0) is 48.7 Å². The minimum Gasteiger partial charge on any atom is -0.481 e. The fraction of sp³-hybridized carbons (Fsp3) is 0.250. The lowest BCUT2D eigenvalue weighted by Gasteiger charge is -2.08. The maximum Gasteiger partial charge on any atom is 0.355 e. The first-order chi connectivity index (χ1) is 12.9. The van der Waals surface area contributed by atoms with E-state index in [0.717, 1.165) is 11.1 Å². The van der Waals surface area contributed by atoms with Crippen LogP contribution in [0.3, 0.4) is 0 Å². The second-order valence-electron chi connectivity index (χ2n) is 6.56. The molecular weight excluding hydrogens is 344 g/mol. The summed E-state index contributed by atoms with van der Waals surface area (Å²) in [4.78, 5) is 23.9. The van der Waals surface area contributed by atoms with Crippen LogP contribution in [-0.4, -0.2) is 25.4 Å². The van der Waals surface area contributed by atoms with Crippen LogP contribution in [0.4, 0.5) is 0 Å². The molecule has 1 atom stereocenters. The molecule has 0 aliphatic heterocycles. The number of nitrogens with two attached hydrogens (primary N) is 1. The number of aromatic nitrogens is 3. The first-order valence-electron chi connectivity index (χ1n) is 8.71. The third kappa shape index (κ3) is 3.83. The fourth-order valence-electron chi connectivity index (χ4n) is 2.93. The molecule has 7 heteroatoms. The second kappa shape index (κ2) is 7.59. The van der Waals surface area contributed by atoms with E-state index in [4.69, 9.17) is 10.8 Å². The Morgan fingerprint density at radius 2 is 1.63 bits per heavy atom. The molecule has 1 aromatic heterocycles. The van der Waals surface area contributed by atoms with E-state index >= 15 is 0 Å². The molecule has 3 rings (SSSR count). The van der Waals surface area contributed by atoms with Crippen molar-refractivity contribution in [1.29, 1.82) is 0 Å². The average Bonchev–Trinajstić information content (AvgIpc) is 2.96. The summed E-state index contributed by atoms with van der Waals surface area (Å²) in [6, 6.07) is 14.7. The molecule has 3 N–H and O–H groups in total. The molecule has 0 amide bonds. The molecule has 0 saturated heterocycles. The summed E-state index contributed by atoms with van der Waals surface area (Å²) in [7, 11) is 0. The molecule has 0 saturated carbocycles. The van der Waals surface area contributed by atoms with Gasteiger partial charge in [0.05, 0.1) is 17.3 Å². The van der Waals surface area contributed by atoms with Crippen LogP contribution in [0.25, 0.3) is 11.4 Å². The second-order valence-corrected chi connectivity index (χ2v) is 6.56. The third-order valence-electron chi connectivity index (χ3n) is 4.52. The summed E-state index contributed by atoms with van der Waals surface area (Å²) in [5.74, 6) is -0.720. The maximum absolute atomic E-state index is 12.9. The topological polar surface area (TPSA) is 103 Å². The first-order valence-corrected chi connectivity index (χ1v) is 8.71. The molecule has 1 heterocycles. The van der Waals surface area contributed by atoms with Gasteiger partial charge in [-0.2, -0.15) is 4.68 Å². The van der Waals surface area contributed by atoms with Gasteiger partial charge in [0.15, 0.2) is 0 Å². The highest BCUT2D eigenvalue weighted by molar-refractivity contribution is 5.69. The van der Waals surface area contributed by atoms with E-state index in [-0.39, 0.29) is 5.69 Å². The van der Waals surface area contributed by atoms with Crippen molar-refractivity contribution >= 4 is 5.97 Å². The molecule has 7 nitrogen and oxygen atoms in total. The lowest BCUT2D eigenvalue weighted by molar-refractivity contribution is -0.141. The van der Waals surface area contributed by atoms with E-state index in [1.165, 1.54) is 9.25 Å². The highest BCUT2D eigenvalue weighted by Crippen LogP contribution is 2.14. The molecule has 0 spiro atoms. The highest BCUT2D eigenvalue weighted by Gasteiger charge is 2.15. The quantitative estimate of drug-likeness (QED) is 0.695. The molecule has 1 unspecified atom stereocenters. The summed E-state index contributed by atoms with van der Waals surface area (Å²) < 4.78 is 2.89. The van der Waals surface area contributed by atoms with Crippen LogP contribution in [-0.2, 0) is 17.8 Å². The molecule has 2 aromatic carbocycles. The molecule has 0 fully saturated rings. The molecule has 0 bridgehead atoms. The van der Waals surface area contributed by atoms with Gasteiger partial charge in [-0.15, -0.1) is 5.10 Å². The van der Waals surface area contributed by atoms with Gasteiger partial charge in [0.25, 0.3) is 0 Å². The Balaban J connectivity index is 1.92. The maximum atomic E-state index is 12.9.